The molecule has 0 aromatic heterocycles. The van der Waals surface area contributed by atoms with E-state index in [1.165, 1.54) is 0 Å². The van der Waals surface area contributed by atoms with Crippen molar-refractivity contribution >= 4 is 5.97 Å². The lowest BCUT2D eigenvalue weighted by Gasteiger charge is -2.53. The number of carbonyl (C=O) groups excluding carboxylic acids is 1. The maximum atomic E-state index is 13.8. The first-order chi connectivity index (χ1) is 11.0. The van der Waals surface area contributed by atoms with Gasteiger partial charge in [0.15, 0.2) is 0 Å². The van der Waals surface area contributed by atoms with Gasteiger partial charge in [-0.3, -0.25) is 0 Å². The topological polar surface area (TPSA) is 52.6 Å². The van der Waals surface area contributed by atoms with Gasteiger partial charge in [-0.25, -0.2) is 9.13 Å². The van der Waals surface area contributed by atoms with Crippen molar-refractivity contribution < 1.29 is 76.1 Å². The molecular formula is C8F14NO3-. The second kappa shape index (κ2) is 5.23. The van der Waals surface area contributed by atoms with Crippen LogP contribution in [0.15, 0.2) is 0 Å². The minimum Gasteiger partial charge on any atom is -0.544 e. The molecule has 0 N–H and O–H groups in total. The van der Waals surface area contributed by atoms with Gasteiger partial charge in [0.25, 0.3) is 0 Å². The largest absolute Gasteiger partial charge is 0.544 e. The predicted molar refractivity (Wildman–Crippen MR) is 42.6 cm³/mol. The molecule has 1 aliphatic rings. The Bertz CT molecular complexity index is 573. The van der Waals surface area contributed by atoms with Crippen LogP contribution < -0.4 is 5.11 Å². The molecule has 0 radical (unpaired) electrons. The number of aliphatic carboxylic acids is 1. The molecule has 0 saturated carbocycles. The van der Waals surface area contributed by atoms with Gasteiger partial charge in [-0.05, 0) is 0 Å². The van der Waals surface area contributed by atoms with Crippen molar-refractivity contribution in [3.8, 4) is 0 Å². The minimum atomic E-state index is -8.00. The Hall–Kier alpha value is -1.59. The molecule has 1 heterocycles. The number of halogens is 14. The fraction of sp³-hybridized carbons (Fsp3) is 0.875. The normalized spacial score (nSPS) is 27.6. The Morgan fingerprint density at radius 2 is 1.08 bits per heavy atom. The summed E-state index contributed by atoms with van der Waals surface area (Å²) in [5.41, 5.74) is 0. The van der Waals surface area contributed by atoms with Crippen LogP contribution in [0.3, 0.4) is 0 Å². The van der Waals surface area contributed by atoms with Crippen LogP contribution in [0.5, 0.6) is 0 Å². The van der Waals surface area contributed by atoms with Gasteiger partial charge in [-0.2, -0.15) is 57.1 Å². The Labute approximate surface area is 130 Å². The second-order valence-corrected chi connectivity index (χ2v) is 4.54. The summed E-state index contributed by atoms with van der Waals surface area (Å²) in [6.07, 6.45) is -22.1. The predicted octanol–water partition coefficient (Wildman–Crippen LogP) is 2.30. The molecule has 0 aliphatic carbocycles. The van der Waals surface area contributed by atoms with Crippen molar-refractivity contribution in [3.05, 3.63) is 0 Å². The molecule has 1 rings (SSSR count). The molecule has 1 aliphatic heterocycles. The SMILES string of the molecule is O=C([O-])C(F)(F)C(F)(N1C(F)(F)C(F)(F)OC(F)(F)C1(F)F)C(F)(F)F. The molecule has 0 amide bonds. The highest BCUT2D eigenvalue weighted by Gasteiger charge is 2.93. The summed E-state index contributed by atoms with van der Waals surface area (Å²) in [5, 5.41) is 9.98. The zero-order valence-corrected chi connectivity index (χ0v) is 11.0. The van der Waals surface area contributed by atoms with Crippen LogP contribution in [0.1, 0.15) is 0 Å². The highest BCUT2D eigenvalue weighted by Crippen LogP contribution is 2.63. The smallest absolute Gasteiger partial charge is 0.443 e. The molecule has 154 valence electrons. The van der Waals surface area contributed by atoms with Gasteiger partial charge < -0.3 is 9.90 Å². The van der Waals surface area contributed by atoms with E-state index in [0.717, 1.165) is 0 Å². The van der Waals surface area contributed by atoms with E-state index < -0.39 is 53.1 Å². The maximum absolute atomic E-state index is 13.8. The molecule has 18 heteroatoms. The number of hydrogen-bond acceptors (Lipinski definition) is 4. The van der Waals surface area contributed by atoms with Gasteiger partial charge in [0.2, 0.25) is 0 Å². The summed E-state index contributed by atoms with van der Waals surface area (Å²) < 4.78 is 184. The number of rotatable bonds is 3. The van der Waals surface area contributed by atoms with E-state index in [4.69, 9.17) is 0 Å². The van der Waals surface area contributed by atoms with E-state index >= 15 is 0 Å². The monoisotopic (exact) mass is 424 g/mol. The van der Waals surface area contributed by atoms with E-state index in [0.29, 0.717) is 0 Å². The molecule has 1 fully saturated rings. The molecule has 4 nitrogen and oxygen atoms in total. The number of carboxylic acids is 1. The Morgan fingerprint density at radius 1 is 0.769 bits per heavy atom. The minimum absolute atomic E-state index is 1.65. The fourth-order valence-corrected chi connectivity index (χ4v) is 1.69. The molecule has 0 aromatic carbocycles. The van der Waals surface area contributed by atoms with Crippen LogP contribution >= 0.6 is 0 Å². The van der Waals surface area contributed by atoms with Crippen LogP contribution in [0.4, 0.5) is 61.5 Å². The zero-order valence-electron chi connectivity index (χ0n) is 11.0. The first-order valence-electron chi connectivity index (χ1n) is 5.38. The van der Waals surface area contributed by atoms with Gasteiger partial charge in [0.1, 0.15) is 5.97 Å². The summed E-state index contributed by atoms with van der Waals surface area (Å²) in [4.78, 5) is 5.69. The quantitative estimate of drug-likeness (QED) is 0.516. The van der Waals surface area contributed by atoms with Crippen LogP contribution in [-0.2, 0) is 9.53 Å². The van der Waals surface area contributed by atoms with Gasteiger partial charge in [-0.15, -0.1) is 4.90 Å². The number of carbonyl (C=O) groups is 1. The van der Waals surface area contributed by atoms with Crippen molar-refractivity contribution in [3.63, 3.8) is 0 Å². The average Bonchev–Trinajstić information content (AvgIpc) is 2.33. The first kappa shape index (κ1) is 22.5. The van der Waals surface area contributed by atoms with Crippen LogP contribution in [0.2, 0.25) is 0 Å². The Morgan fingerprint density at radius 3 is 1.31 bits per heavy atom. The molecule has 0 spiro atoms. The number of hydrogen-bond donors (Lipinski definition) is 0. The average molecular weight is 424 g/mol. The third-order valence-corrected chi connectivity index (χ3v) is 2.87. The molecule has 1 atom stereocenters. The standard InChI is InChI=1S/C8HF14NO3/c9-2(10,1(24)25)3(11,4(12,13)14)23-5(15,16)7(19,20)26-8(21,22)6(23,17)18/h(H,24,25)/p-1. The summed E-state index contributed by atoms with van der Waals surface area (Å²) in [7, 11) is 0. The van der Waals surface area contributed by atoms with Crippen LogP contribution in [0.25, 0.3) is 0 Å². The van der Waals surface area contributed by atoms with E-state index in [2.05, 4.69) is 0 Å². The Kier molecular flexibility index (Phi) is 4.52. The molecule has 0 aromatic rings. The van der Waals surface area contributed by atoms with Gasteiger partial charge in [0, 0.05) is 0 Å². The van der Waals surface area contributed by atoms with Gasteiger partial charge in [-0.1, -0.05) is 0 Å². The van der Waals surface area contributed by atoms with Gasteiger partial charge in [0.05, 0.1) is 0 Å². The lowest BCUT2D eigenvalue weighted by molar-refractivity contribution is -0.595. The van der Waals surface area contributed by atoms with E-state index in [1.54, 1.807) is 4.74 Å². The highest BCUT2D eigenvalue weighted by molar-refractivity contribution is 5.75. The highest BCUT2D eigenvalue weighted by atomic mass is 19.4. The zero-order chi connectivity index (χ0) is 21.4. The van der Waals surface area contributed by atoms with E-state index in [-0.39, 0.29) is 0 Å². The van der Waals surface area contributed by atoms with Crippen molar-refractivity contribution in [2.45, 2.75) is 42.2 Å². The third kappa shape index (κ3) is 2.48. The van der Waals surface area contributed by atoms with Crippen molar-refractivity contribution in [1.82, 2.24) is 4.90 Å². The summed E-state index contributed by atoms with van der Waals surface area (Å²) in [6.45, 7) is 0. The van der Waals surface area contributed by atoms with Crippen LogP contribution in [-0.4, -0.2) is 53.1 Å². The number of carboxylic acid groups (broad SMARTS) is 1. The Balaban J connectivity index is 4.01. The summed E-state index contributed by atoms with van der Waals surface area (Å²) in [6, 6.07) is -15.1. The number of ether oxygens (including phenoxy) is 1. The fourth-order valence-electron chi connectivity index (χ4n) is 1.69. The molecular weight excluding hydrogens is 424 g/mol. The number of nitrogens with zero attached hydrogens (tertiary/aromatic N) is 1. The van der Waals surface area contributed by atoms with E-state index in [9.17, 15) is 71.4 Å². The lowest BCUT2D eigenvalue weighted by Crippen LogP contribution is -2.84. The molecule has 1 saturated heterocycles. The number of alkyl halides is 14. The molecule has 26 heavy (non-hydrogen) atoms. The molecule has 0 bridgehead atoms. The van der Waals surface area contributed by atoms with Crippen molar-refractivity contribution in [2.75, 3.05) is 0 Å². The summed E-state index contributed by atoms with van der Waals surface area (Å²) >= 11 is 0. The van der Waals surface area contributed by atoms with Crippen LogP contribution in [0, 0.1) is 0 Å². The maximum Gasteiger partial charge on any atom is 0.443 e. The van der Waals surface area contributed by atoms with Crippen molar-refractivity contribution in [1.29, 1.82) is 0 Å². The molecule has 1 unspecified atom stereocenters. The third-order valence-electron chi connectivity index (χ3n) is 2.87. The van der Waals surface area contributed by atoms with Crippen molar-refractivity contribution in [2.24, 2.45) is 0 Å². The number of morpholine rings is 1. The van der Waals surface area contributed by atoms with E-state index in [1.807, 2.05) is 0 Å². The lowest BCUT2D eigenvalue weighted by atomic mass is 10.0. The summed E-state index contributed by atoms with van der Waals surface area (Å²) in [5.74, 6) is -20.1. The first-order valence-corrected chi connectivity index (χ1v) is 5.38. The van der Waals surface area contributed by atoms with Gasteiger partial charge >= 0.3 is 42.2 Å². The second-order valence-electron chi connectivity index (χ2n) is 4.54.